The first-order chi connectivity index (χ1) is 9.77. The van der Waals surface area contributed by atoms with Crippen molar-refractivity contribution in [3.8, 4) is 0 Å². The topological polar surface area (TPSA) is 72.5 Å². The SMILES string of the molecule is COC1(CNC(=O)c2ccc(F)c(S(=O)(=O)Cl)c2)CCC1. The van der Waals surface area contributed by atoms with Crippen LogP contribution in [0.2, 0.25) is 0 Å². The van der Waals surface area contributed by atoms with Crippen molar-refractivity contribution in [2.24, 2.45) is 0 Å². The number of halogens is 2. The van der Waals surface area contributed by atoms with E-state index in [2.05, 4.69) is 5.32 Å². The Hall–Kier alpha value is -1.18. The van der Waals surface area contributed by atoms with Crippen LogP contribution >= 0.6 is 10.7 Å². The van der Waals surface area contributed by atoms with Crippen LogP contribution in [0, 0.1) is 5.82 Å². The third-order valence-corrected chi connectivity index (χ3v) is 5.06. The minimum Gasteiger partial charge on any atom is -0.376 e. The minimum absolute atomic E-state index is 0.0289. The van der Waals surface area contributed by atoms with Gasteiger partial charge in [0, 0.05) is 29.9 Å². The van der Waals surface area contributed by atoms with Gasteiger partial charge in [0.25, 0.3) is 15.0 Å². The van der Waals surface area contributed by atoms with Crippen LogP contribution in [0.3, 0.4) is 0 Å². The third kappa shape index (κ3) is 3.53. The molecule has 0 bridgehead atoms. The van der Waals surface area contributed by atoms with Crippen LogP contribution in [0.4, 0.5) is 4.39 Å². The molecule has 8 heteroatoms. The summed E-state index contributed by atoms with van der Waals surface area (Å²) in [6.45, 7) is 0.322. The number of hydrogen-bond donors (Lipinski definition) is 1. The number of ether oxygens (including phenoxy) is 1. The number of benzene rings is 1. The van der Waals surface area contributed by atoms with Crippen molar-refractivity contribution in [2.75, 3.05) is 13.7 Å². The van der Waals surface area contributed by atoms with Gasteiger partial charge in [-0.15, -0.1) is 0 Å². The van der Waals surface area contributed by atoms with Crippen LogP contribution < -0.4 is 5.32 Å². The van der Waals surface area contributed by atoms with Crippen molar-refractivity contribution >= 4 is 25.6 Å². The molecule has 116 valence electrons. The molecule has 0 spiro atoms. The van der Waals surface area contributed by atoms with E-state index in [-0.39, 0.29) is 11.2 Å². The van der Waals surface area contributed by atoms with Crippen LogP contribution in [-0.4, -0.2) is 33.6 Å². The largest absolute Gasteiger partial charge is 0.376 e. The van der Waals surface area contributed by atoms with E-state index in [0.717, 1.165) is 31.4 Å². The second-order valence-electron chi connectivity index (χ2n) is 5.01. The lowest BCUT2D eigenvalue weighted by Gasteiger charge is -2.40. The van der Waals surface area contributed by atoms with Gasteiger partial charge >= 0.3 is 0 Å². The summed E-state index contributed by atoms with van der Waals surface area (Å²) < 4.78 is 41.2. The average Bonchev–Trinajstić information content (AvgIpc) is 2.37. The molecule has 0 heterocycles. The lowest BCUT2D eigenvalue weighted by atomic mass is 9.80. The summed E-state index contributed by atoms with van der Waals surface area (Å²) >= 11 is 0. The Bertz CT molecular complexity index is 653. The summed E-state index contributed by atoms with van der Waals surface area (Å²) in [5.41, 5.74) is -0.321. The molecule has 1 aliphatic carbocycles. The molecular formula is C13H15ClFNO4S. The highest BCUT2D eigenvalue weighted by molar-refractivity contribution is 8.13. The number of nitrogens with one attached hydrogen (secondary N) is 1. The summed E-state index contributed by atoms with van der Waals surface area (Å²) in [6.07, 6.45) is 2.75. The van der Waals surface area contributed by atoms with E-state index in [1.54, 1.807) is 7.11 Å². The molecule has 1 fully saturated rings. The zero-order chi connectivity index (χ0) is 15.7. The highest BCUT2D eigenvalue weighted by Crippen LogP contribution is 2.34. The van der Waals surface area contributed by atoms with Crippen LogP contribution in [0.15, 0.2) is 23.1 Å². The van der Waals surface area contributed by atoms with Gasteiger partial charge in [-0.05, 0) is 37.5 Å². The normalized spacial score (nSPS) is 17.1. The molecule has 0 radical (unpaired) electrons. The lowest BCUT2D eigenvalue weighted by molar-refractivity contribution is -0.0679. The molecule has 1 amide bonds. The number of carbonyl (C=O) groups excluding carboxylic acids is 1. The summed E-state index contributed by atoms with van der Waals surface area (Å²) in [5.74, 6) is -1.49. The first-order valence-electron chi connectivity index (χ1n) is 6.35. The van der Waals surface area contributed by atoms with Crippen molar-refractivity contribution in [3.05, 3.63) is 29.6 Å². The molecule has 0 aliphatic heterocycles. The average molecular weight is 336 g/mol. The van der Waals surface area contributed by atoms with E-state index < -0.39 is 25.7 Å². The second kappa shape index (κ2) is 5.90. The second-order valence-corrected chi connectivity index (χ2v) is 7.54. The predicted molar refractivity (Wildman–Crippen MR) is 75.4 cm³/mol. The van der Waals surface area contributed by atoms with E-state index in [9.17, 15) is 17.6 Å². The highest BCUT2D eigenvalue weighted by atomic mass is 35.7. The van der Waals surface area contributed by atoms with E-state index >= 15 is 0 Å². The van der Waals surface area contributed by atoms with Crippen LogP contribution in [-0.2, 0) is 13.8 Å². The molecule has 1 saturated carbocycles. The van der Waals surface area contributed by atoms with Gasteiger partial charge in [0.2, 0.25) is 0 Å². The summed E-state index contributed by atoms with van der Waals surface area (Å²) in [4.78, 5) is 11.3. The minimum atomic E-state index is -4.24. The Kier molecular flexibility index (Phi) is 4.55. The highest BCUT2D eigenvalue weighted by Gasteiger charge is 2.37. The first kappa shape index (κ1) is 16.2. The Morgan fingerprint density at radius 2 is 2.14 bits per heavy atom. The molecule has 1 N–H and O–H groups in total. The Morgan fingerprint density at radius 3 is 2.62 bits per heavy atom. The molecule has 1 aromatic rings. The number of methoxy groups -OCH3 is 1. The quantitative estimate of drug-likeness (QED) is 0.836. The predicted octanol–water partition coefficient (Wildman–Crippen LogP) is 2.05. The van der Waals surface area contributed by atoms with Crippen molar-refractivity contribution in [1.82, 2.24) is 5.32 Å². The number of amides is 1. The molecular weight excluding hydrogens is 321 g/mol. The number of carbonyl (C=O) groups is 1. The molecule has 5 nitrogen and oxygen atoms in total. The van der Waals surface area contributed by atoms with Gasteiger partial charge in [0.1, 0.15) is 10.7 Å². The molecule has 0 aromatic heterocycles. The van der Waals surface area contributed by atoms with Gasteiger partial charge in [-0.2, -0.15) is 0 Å². The Labute approximate surface area is 126 Å². The molecule has 1 aromatic carbocycles. The molecule has 21 heavy (non-hydrogen) atoms. The van der Waals surface area contributed by atoms with E-state index in [0.29, 0.717) is 6.54 Å². The van der Waals surface area contributed by atoms with Crippen LogP contribution in [0.1, 0.15) is 29.6 Å². The lowest BCUT2D eigenvalue weighted by Crippen LogP contribution is -2.49. The zero-order valence-corrected chi connectivity index (χ0v) is 12.9. The fourth-order valence-electron chi connectivity index (χ4n) is 2.20. The van der Waals surface area contributed by atoms with Crippen molar-refractivity contribution in [2.45, 2.75) is 29.8 Å². The smallest absolute Gasteiger partial charge is 0.264 e. The van der Waals surface area contributed by atoms with Gasteiger partial charge in [0.05, 0.1) is 5.60 Å². The number of hydrogen-bond acceptors (Lipinski definition) is 4. The molecule has 0 atom stereocenters. The summed E-state index contributed by atoms with van der Waals surface area (Å²) in [7, 11) is 2.47. The molecule has 0 unspecified atom stereocenters. The van der Waals surface area contributed by atoms with Gasteiger partial charge in [0.15, 0.2) is 0 Å². The van der Waals surface area contributed by atoms with Crippen molar-refractivity contribution < 1.29 is 22.3 Å². The summed E-state index contributed by atoms with van der Waals surface area (Å²) in [6, 6.07) is 3.03. The van der Waals surface area contributed by atoms with Gasteiger partial charge in [-0.25, -0.2) is 12.8 Å². The van der Waals surface area contributed by atoms with Crippen LogP contribution in [0.5, 0.6) is 0 Å². The maximum atomic E-state index is 13.4. The van der Waals surface area contributed by atoms with Gasteiger partial charge in [-0.1, -0.05) is 0 Å². The monoisotopic (exact) mass is 335 g/mol. The number of rotatable bonds is 5. The van der Waals surface area contributed by atoms with Crippen molar-refractivity contribution in [3.63, 3.8) is 0 Å². The van der Waals surface area contributed by atoms with Gasteiger partial charge in [-0.3, -0.25) is 4.79 Å². The molecule has 2 rings (SSSR count). The fourth-order valence-corrected chi connectivity index (χ4v) is 3.12. The van der Waals surface area contributed by atoms with E-state index in [1.807, 2.05) is 0 Å². The maximum Gasteiger partial charge on any atom is 0.264 e. The molecule has 0 saturated heterocycles. The van der Waals surface area contributed by atoms with Gasteiger partial charge < -0.3 is 10.1 Å². The Morgan fingerprint density at radius 1 is 1.48 bits per heavy atom. The fraction of sp³-hybridized carbons (Fsp3) is 0.462. The standard InChI is InChI=1S/C13H15ClFNO4S/c1-20-13(5-2-6-13)8-16-12(17)9-3-4-10(15)11(7-9)21(14,18)19/h3-4,7H,2,5-6,8H2,1H3,(H,16,17). The maximum absolute atomic E-state index is 13.4. The zero-order valence-electron chi connectivity index (χ0n) is 11.4. The van der Waals surface area contributed by atoms with Crippen molar-refractivity contribution in [1.29, 1.82) is 0 Å². The van der Waals surface area contributed by atoms with Crippen LogP contribution in [0.25, 0.3) is 0 Å². The first-order valence-corrected chi connectivity index (χ1v) is 8.66. The van der Waals surface area contributed by atoms with E-state index in [1.165, 1.54) is 6.07 Å². The van der Waals surface area contributed by atoms with E-state index in [4.69, 9.17) is 15.4 Å². The molecule has 1 aliphatic rings. The third-order valence-electron chi connectivity index (χ3n) is 3.72. The summed E-state index contributed by atoms with van der Waals surface area (Å²) in [5, 5.41) is 2.67. The Balaban J connectivity index is 2.13.